The van der Waals surface area contributed by atoms with E-state index in [2.05, 4.69) is 20.5 Å². The van der Waals surface area contributed by atoms with Gasteiger partial charge in [-0.25, -0.2) is 10.4 Å². The van der Waals surface area contributed by atoms with Crippen molar-refractivity contribution in [1.29, 1.82) is 0 Å². The molecule has 0 aliphatic rings. The zero-order valence-electron chi connectivity index (χ0n) is 15.1. The van der Waals surface area contributed by atoms with E-state index in [1.54, 1.807) is 13.0 Å². The van der Waals surface area contributed by atoms with E-state index < -0.39 is 4.92 Å². The Morgan fingerprint density at radius 2 is 2.26 bits per heavy atom. The number of aromatic amines is 1. The van der Waals surface area contributed by atoms with Gasteiger partial charge in [0.25, 0.3) is 5.56 Å². The Morgan fingerprint density at radius 3 is 2.89 bits per heavy atom. The Hall–Kier alpha value is -3.27. The SMILES string of the molecule is CCCOc1ccc(/C=N\Nc2nc(C)c(CCO)c(=O)[nH]2)cc1[N+](=O)[O-]. The van der Waals surface area contributed by atoms with Gasteiger partial charge >= 0.3 is 5.69 Å². The number of nitro benzene ring substituents is 1. The van der Waals surface area contributed by atoms with Crippen LogP contribution >= 0.6 is 0 Å². The van der Waals surface area contributed by atoms with Crippen molar-refractivity contribution in [2.24, 2.45) is 5.10 Å². The van der Waals surface area contributed by atoms with Crippen LogP contribution in [0.3, 0.4) is 0 Å². The normalized spacial score (nSPS) is 10.9. The van der Waals surface area contributed by atoms with E-state index in [1.807, 2.05) is 6.92 Å². The molecule has 10 nitrogen and oxygen atoms in total. The predicted octanol–water partition coefficient (Wildman–Crippen LogP) is 1.76. The van der Waals surface area contributed by atoms with Crippen LogP contribution in [0.25, 0.3) is 0 Å². The molecule has 1 aromatic carbocycles. The maximum absolute atomic E-state index is 11.9. The van der Waals surface area contributed by atoms with Crippen LogP contribution in [0.15, 0.2) is 28.1 Å². The molecule has 0 saturated carbocycles. The van der Waals surface area contributed by atoms with Crippen molar-refractivity contribution in [3.8, 4) is 5.75 Å². The van der Waals surface area contributed by atoms with Crippen molar-refractivity contribution in [2.45, 2.75) is 26.7 Å². The van der Waals surface area contributed by atoms with Gasteiger partial charge in [-0.1, -0.05) is 6.92 Å². The monoisotopic (exact) mass is 375 g/mol. The lowest BCUT2D eigenvalue weighted by atomic mass is 10.2. The fraction of sp³-hybridized carbons (Fsp3) is 0.353. The number of benzene rings is 1. The van der Waals surface area contributed by atoms with E-state index >= 15 is 0 Å². The average Bonchev–Trinajstić information content (AvgIpc) is 2.63. The third-order valence-electron chi connectivity index (χ3n) is 3.61. The number of aliphatic hydroxyl groups excluding tert-OH is 1. The molecule has 0 spiro atoms. The molecule has 10 heteroatoms. The third-order valence-corrected chi connectivity index (χ3v) is 3.61. The number of aromatic nitrogens is 2. The second kappa shape index (κ2) is 9.43. The number of hydrogen-bond donors (Lipinski definition) is 3. The highest BCUT2D eigenvalue weighted by molar-refractivity contribution is 5.82. The summed E-state index contributed by atoms with van der Waals surface area (Å²) in [7, 11) is 0. The molecule has 0 aliphatic heterocycles. The van der Waals surface area contributed by atoms with Crippen LogP contribution in [-0.4, -0.2) is 39.4 Å². The molecule has 144 valence electrons. The lowest BCUT2D eigenvalue weighted by Gasteiger charge is -2.06. The number of hydrogen-bond acceptors (Lipinski definition) is 8. The Kier molecular flexibility index (Phi) is 7.00. The molecule has 0 atom stereocenters. The second-order valence-corrected chi connectivity index (χ2v) is 5.65. The molecule has 0 fully saturated rings. The standard InChI is InChI=1S/C17H21N5O5/c1-3-8-27-15-5-4-12(9-14(15)22(25)26)10-18-21-17-19-11(2)13(6-7-23)16(24)20-17/h4-5,9-10,23H,3,6-8H2,1-2H3,(H2,19,20,21,24)/b18-10-. The van der Waals surface area contributed by atoms with E-state index in [0.717, 1.165) is 6.42 Å². The Bertz CT molecular complexity index is 894. The van der Waals surface area contributed by atoms with Gasteiger partial charge in [0.1, 0.15) is 0 Å². The fourth-order valence-electron chi connectivity index (χ4n) is 2.33. The first-order chi connectivity index (χ1) is 13.0. The zero-order chi connectivity index (χ0) is 19.8. The van der Waals surface area contributed by atoms with Crippen molar-refractivity contribution in [3.63, 3.8) is 0 Å². The smallest absolute Gasteiger partial charge is 0.311 e. The Balaban J connectivity index is 2.15. The van der Waals surface area contributed by atoms with Crippen molar-refractivity contribution >= 4 is 17.9 Å². The molecule has 0 bridgehead atoms. The summed E-state index contributed by atoms with van der Waals surface area (Å²) in [5.41, 5.74) is 3.45. The first kappa shape index (κ1) is 20.0. The van der Waals surface area contributed by atoms with Crippen LogP contribution in [0, 0.1) is 17.0 Å². The van der Waals surface area contributed by atoms with Gasteiger partial charge in [0.15, 0.2) is 5.75 Å². The molecule has 2 aromatic rings. The maximum atomic E-state index is 11.9. The Morgan fingerprint density at radius 1 is 1.48 bits per heavy atom. The van der Waals surface area contributed by atoms with Crippen molar-refractivity contribution in [3.05, 3.63) is 55.5 Å². The number of rotatable bonds is 9. The summed E-state index contributed by atoms with van der Waals surface area (Å²) in [5, 5.41) is 24.1. The molecular formula is C17H21N5O5. The topological polar surface area (TPSA) is 143 Å². The van der Waals surface area contributed by atoms with Crippen molar-refractivity contribution in [2.75, 3.05) is 18.6 Å². The van der Waals surface area contributed by atoms with Crippen LogP contribution in [0.1, 0.15) is 30.2 Å². The van der Waals surface area contributed by atoms with Gasteiger partial charge in [0.05, 0.1) is 23.4 Å². The number of hydrazone groups is 1. The number of H-pyrrole nitrogens is 1. The van der Waals surface area contributed by atoms with E-state index in [1.165, 1.54) is 18.3 Å². The Labute approximate surface area is 155 Å². The quantitative estimate of drug-likeness (QED) is 0.344. The molecule has 0 saturated heterocycles. The zero-order valence-corrected chi connectivity index (χ0v) is 15.1. The number of nitrogens with zero attached hydrogens (tertiary/aromatic N) is 3. The van der Waals surface area contributed by atoms with Gasteiger partial charge < -0.3 is 9.84 Å². The summed E-state index contributed by atoms with van der Waals surface area (Å²) in [4.78, 5) is 29.3. The number of aliphatic hydroxyl groups is 1. The summed E-state index contributed by atoms with van der Waals surface area (Å²) < 4.78 is 5.36. The highest BCUT2D eigenvalue weighted by Gasteiger charge is 2.15. The van der Waals surface area contributed by atoms with Gasteiger partial charge in [0.2, 0.25) is 5.95 Å². The van der Waals surface area contributed by atoms with Crippen LogP contribution in [-0.2, 0) is 6.42 Å². The molecule has 2 rings (SSSR count). The number of anilines is 1. The highest BCUT2D eigenvalue weighted by Crippen LogP contribution is 2.27. The molecule has 1 aromatic heterocycles. The highest BCUT2D eigenvalue weighted by atomic mass is 16.6. The first-order valence-electron chi connectivity index (χ1n) is 8.37. The summed E-state index contributed by atoms with van der Waals surface area (Å²) >= 11 is 0. The summed E-state index contributed by atoms with van der Waals surface area (Å²) in [6.45, 7) is 3.82. The number of aryl methyl sites for hydroxylation is 1. The number of ether oxygens (including phenoxy) is 1. The molecule has 27 heavy (non-hydrogen) atoms. The third kappa shape index (κ3) is 5.35. The van der Waals surface area contributed by atoms with Crippen LogP contribution in [0.2, 0.25) is 0 Å². The van der Waals surface area contributed by atoms with Gasteiger partial charge in [-0.15, -0.1) is 0 Å². The number of nitro groups is 1. The van der Waals surface area contributed by atoms with E-state index in [0.29, 0.717) is 23.4 Å². The minimum atomic E-state index is -0.516. The number of nitrogens with one attached hydrogen (secondary N) is 2. The average molecular weight is 375 g/mol. The maximum Gasteiger partial charge on any atom is 0.311 e. The first-order valence-corrected chi connectivity index (χ1v) is 8.37. The molecule has 3 N–H and O–H groups in total. The predicted molar refractivity (Wildman–Crippen MR) is 100 cm³/mol. The van der Waals surface area contributed by atoms with Crippen LogP contribution in [0.4, 0.5) is 11.6 Å². The molecule has 0 aliphatic carbocycles. The van der Waals surface area contributed by atoms with Gasteiger partial charge in [-0.2, -0.15) is 5.10 Å². The lowest BCUT2D eigenvalue weighted by Crippen LogP contribution is -2.19. The summed E-state index contributed by atoms with van der Waals surface area (Å²) in [6.07, 6.45) is 2.33. The fourth-order valence-corrected chi connectivity index (χ4v) is 2.33. The van der Waals surface area contributed by atoms with E-state index in [9.17, 15) is 14.9 Å². The molecular weight excluding hydrogens is 354 g/mol. The molecule has 1 heterocycles. The molecule has 0 amide bonds. The van der Waals surface area contributed by atoms with Crippen LogP contribution in [0.5, 0.6) is 5.75 Å². The van der Waals surface area contributed by atoms with Gasteiger partial charge in [-0.3, -0.25) is 19.9 Å². The summed E-state index contributed by atoms with van der Waals surface area (Å²) in [5.74, 6) is 0.334. The van der Waals surface area contributed by atoms with Crippen molar-refractivity contribution in [1.82, 2.24) is 9.97 Å². The van der Waals surface area contributed by atoms with Crippen LogP contribution < -0.4 is 15.7 Å². The molecule has 0 unspecified atom stereocenters. The largest absolute Gasteiger partial charge is 0.487 e. The minimum absolute atomic E-state index is 0.132. The second-order valence-electron chi connectivity index (χ2n) is 5.65. The lowest BCUT2D eigenvalue weighted by molar-refractivity contribution is -0.385. The van der Waals surface area contributed by atoms with Crippen molar-refractivity contribution < 1.29 is 14.8 Å². The minimum Gasteiger partial charge on any atom is -0.487 e. The molecule has 0 radical (unpaired) electrons. The van der Waals surface area contributed by atoms with E-state index in [4.69, 9.17) is 9.84 Å². The van der Waals surface area contributed by atoms with Gasteiger partial charge in [0, 0.05) is 30.2 Å². The van der Waals surface area contributed by atoms with E-state index in [-0.39, 0.29) is 36.0 Å². The van der Waals surface area contributed by atoms with Gasteiger partial charge in [-0.05, 0) is 25.5 Å². The summed E-state index contributed by atoms with van der Waals surface area (Å²) in [6, 6.07) is 4.50.